The smallest absolute Gasteiger partial charge is 0.161 e. The molecule has 2 aromatic rings. The fraction of sp³-hybridized carbons (Fsp3) is 0.154. The van der Waals surface area contributed by atoms with Crippen molar-refractivity contribution in [3.63, 3.8) is 0 Å². The van der Waals surface area contributed by atoms with E-state index in [1.807, 2.05) is 18.2 Å². The van der Waals surface area contributed by atoms with Crippen molar-refractivity contribution >= 4 is 0 Å². The van der Waals surface area contributed by atoms with Gasteiger partial charge < -0.3 is 14.6 Å². The lowest BCUT2D eigenvalue weighted by Gasteiger charge is -2.09. The zero-order valence-electron chi connectivity index (χ0n) is 9.68. The third-order valence-electron chi connectivity index (χ3n) is 2.44. The molecule has 17 heavy (non-hydrogen) atoms. The molecule has 4 nitrogen and oxygen atoms in total. The molecule has 0 aliphatic carbocycles. The number of hydrogen-bond donors (Lipinski definition) is 1. The van der Waals surface area contributed by atoms with Gasteiger partial charge in [-0.15, -0.1) is 0 Å². The predicted octanol–water partition coefficient (Wildman–Crippen LogP) is 2.47. The van der Waals surface area contributed by atoms with Crippen molar-refractivity contribution in [3.05, 3.63) is 36.7 Å². The predicted molar refractivity (Wildman–Crippen MR) is 64.4 cm³/mol. The van der Waals surface area contributed by atoms with Gasteiger partial charge in [-0.05, 0) is 23.8 Å². The summed E-state index contributed by atoms with van der Waals surface area (Å²) in [5.41, 5.74) is 1.73. The van der Waals surface area contributed by atoms with Gasteiger partial charge >= 0.3 is 0 Å². The first-order valence-corrected chi connectivity index (χ1v) is 5.11. The monoisotopic (exact) mass is 231 g/mol. The minimum Gasteiger partial charge on any atom is -0.506 e. The van der Waals surface area contributed by atoms with Crippen molar-refractivity contribution in [3.8, 4) is 28.4 Å². The second kappa shape index (κ2) is 4.74. The van der Waals surface area contributed by atoms with Crippen LogP contribution in [0.5, 0.6) is 17.2 Å². The summed E-state index contributed by atoms with van der Waals surface area (Å²) in [6.45, 7) is 0. The lowest BCUT2D eigenvalue weighted by atomic mass is 10.1. The summed E-state index contributed by atoms with van der Waals surface area (Å²) in [7, 11) is 3.18. The van der Waals surface area contributed by atoms with Crippen LogP contribution in [0, 0.1) is 0 Å². The highest BCUT2D eigenvalue weighted by atomic mass is 16.5. The molecule has 0 radical (unpaired) electrons. The first-order chi connectivity index (χ1) is 8.24. The standard InChI is InChI=1S/C13H13NO3/c1-16-12-4-3-9(6-13(12)17-2)10-5-11(15)8-14-7-10/h3-8,15H,1-2H3. The van der Waals surface area contributed by atoms with Gasteiger partial charge in [0, 0.05) is 11.8 Å². The van der Waals surface area contributed by atoms with E-state index in [0.717, 1.165) is 11.1 Å². The first kappa shape index (κ1) is 11.3. The molecule has 4 heteroatoms. The van der Waals surface area contributed by atoms with Gasteiger partial charge in [0.25, 0.3) is 0 Å². The molecule has 88 valence electrons. The molecule has 0 spiro atoms. The summed E-state index contributed by atoms with van der Waals surface area (Å²) in [4.78, 5) is 3.94. The van der Waals surface area contributed by atoms with Crippen LogP contribution in [0.2, 0.25) is 0 Å². The van der Waals surface area contributed by atoms with E-state index in [4.69, 9.17) is 9.47 Å². The van der Waals surface area contributed by atoms with Gasteiger partial charge in [-0.3, -0.25) is 4.98 Å². The van der Waals surface area contributed by atoms with Gasteiger partial charge in [0.05, 0.1) is 20.4 Å². The Morgan fingerprint density at radius 1 is 0.941 bits per heavy atom. The Labute approximate surface area is 99.5 Å². The Hall–Kier alpha value is -2.23. The van der Waals surface area contributed by atoms with E-state index in [1.165, 1.54) is 6.20 Å². The highest BCUT2D eigenvalue weighted by Crippen LogP contribution is 2.32. The number of ether oxygens (including phenoxy) is 2. The Morgan fingerprint density at radius 2 is 1.71 bits per heavy atom. The van der Waals surface area contributed by atoms with Gasteiger partial charge in [-0.25, -0.2) is 0 Å². The highest BCUT2D eigenvalue weighted by molar-refractivity contribution is 5.67. The molecule has 1 N–H and O–H groups in total. The molecule has 0 saturated heterocycles. The van der Waals surface area contributed by atoms with Crippen molar-refractivity contribution in [2.45, 2.75) is 0 Å². The van der Waals surface area contributed by atoms with Crippen LogP contribution in [-0.4, -0.2) is 24.3 Å². The van der Waals surface area contributed by atoms with Crippen molar-refractivity contribution in [2.75, 3.05) is 14.2 Å². The molecule has 1 aromatic carbocycles. The summed E-state index contributed by atoms with van der Waals surface area (Å²) in [6.07, 6.45) is 3.07. The molecule has 0 amide bonds. The number of rotatable bonds is 3. The third kappa shape index (κ3) is 2.30. The zero-order chi connectivity index (χ0) is 12.3. The molecular weight excluding hydrogens is 218 g/mol. The lowest BCUT2D eigenvalue weighted by Crippen LogP contribution is -1.91. The molecule has 0 aliphatic rings. The summed E-state index contributed by atoms with van der Waals surface area (Å²) in [6, 6.07) is 7.19. The summed E-state index contributed by atoms with van der Waals surface area (Å²) >= 11 is 0. The number of aromatic hydroxyl groups is 1. The second-order valence-corrected chi connectivity index (χ2v) is 3.50. The molecule has 0 fully saturated rings. The van der Waals surface area contributed by atoms with Crippen LogP contribution in [0.4, 0.5) is 0 Å². The molecule has 0 atom stereocenters. The van der Waals surface area contributed by atoms with Crippen molar-refractivity contribution in [1.29, 1.82) is 0 Å². The van der Waals surface area contributed by atoms with Gasteiger partial charge in [0.2, 0.25) is 0 Å². The first-order valence-electron chi connectivity index (χ1n) is 5.11. The van der Waals surface area contributed by atoms with Gasteiger partial charge in [0.15, 0.2) is 11.5 Å². The second-order valence-electron chi connectivity index (χ2n) is 3.50. The van der Waals surface area contributed by atoms with E-state index in [2.05, 4.69) is 4.98 Å². The molecule has 1 heterocycles. The van der Waals surface area contributed by atoms with E-state index in [0.29, 0.717) is 11.5 Å². The maximum atomic E-state index is 9.38. The number of aromatic nitrogens is 1. The van der Waals surface area contributed by atoms with Crippen molar-refractivity contribution in [1.82, 2.24) is 4.98 Å². The van der Waals surface area contributed by atoms with Crippen LogP contribution in [0.3, 0.4) is 0 Å². The minimum atomic E-state index is 0.136. The molecular formula is C13H13NO3. The van der Waals surface area contributed by atoms with Crippen molar-refractivity contribution in [2.24, 2.45) is 0 Å². The number of benzene rings is 1. The maximum absolute atomic E-state index is 9.38. The largest absolute Gasteiger partial charge is 0.506 e. The number of pyridine rings is 1. The quantitative estimate of drug-likeness (QED) is 0.881. The SMILES string of the molecule is COc1ccc(-c2cncc(O)c2)cc1OC. The number of methoxy groups -OCH3 is 2. The van der Waals surface area contributed by atoms with Crippen LogP contribution < -0.4 is 9.47 Å². The lowest BCUT2D eigenvalue weighted by molar-refractivity contribution is 0.355. The zero-order valence-corrected chi connectivity index (χ0v) is 9.68. The molecule has 0 saturated carbocycles. The normalized spacial score (nSPS) is 10.0. The van der Waals surface area contributed by atoms with Gasteiger partial charge in [-0.1, -0.05) is 6.07 Å². The van der Waals surface area contributed by atoms with E-state index >= 15 is 0 Å². The fourth-order valence-electron chi connectivity index (χ4n) is 1.60. The summed E-state index contributed by atoms with van der Waals surface area (Å²) in [5, 5.41) is 9.38. The van der Waals surface area contributed by atoms with Crippen LogP contribution in [0.1, 0.15) is 0 Å². The van der Waals surface area contributed by atoms with E-state index in [9.17, 15) is 5.11 Å². The molecule has 0 unspecified atom stereocenters. The Balaban J connectivity index is 2.46. The van der Waals surface area contributed by atoms with Gasteiger partial charge in [0.1, 0.15) is 5.75 Å². The topological polar surface area (TPSA) is 51.6 Å². The average molecular weight is 231 g/mol. The summed E-state index contributed by atoms with van der Waals surface area (Å²) < 4.78 is 10.4. The number of nitrogens with zero attached hydrogens (tertiary/aromatic N) is 1. The van der Waals surface area contributed by atoms with Crippen LogP contribution in [0.15, 0.2) is 36.7 Å². The maximum Gasteiger partial charge on any atom is 0.161 e. The Bertz CT molecular complexity index is 526. The highest BCUT2D eigenvalue weighted by Gasteiger charge is 2.06. The van der Waals surface area contributed by atoms with Crippen LogP contribution >= 0.6 is 0 Å². The molecule has 0 aliphatic heterocycles. The third-order valence-corrected chi connectivity index (χ3v) is 2.44. The Morgan fingerprint density at radius 3 is 2.35 bits per heavy atom. The van der Waals surface area contributed by atoms with E-state index < -0.39 is 0 Å². The van der Waals surface area contributed by atoms with E-state index in [1.54, 1.807) is 26.5 Å². The minimum absolute atomic E-state index is 0.136. The average Bonchev–Trinajstić information content (AvgIpc) is 2.38. The van der Waals surface area contributed by atoms with E-state index in [-0.39, 0.29) is 5.75 Å². The molecule has 0 bridgehead atoms. The van der Waals surface area contributed by atoms with Gasteiger partial charge in [-0.2, -0.15) is 0 Å². The molecule has 2 rings (SSSR count). The number of hydrogen-bond acceptors (Lipinski definition) is 4. The Kier molecular flexibility index (Phi) is 3.14. The molecule has 1 aromatic heterocycles. The van der Waals surface area contributed by atoms with Crippen molar-refractivity contribution < 1.29 is 14.6 Å². The van der Waals surface area contributed by atoms with Crippen LogP contribution in [-0.2, 0) is 0 Å². The summed E-state index contributed by atoms with van der Waals surface area (Å²) in [5.74, 6) is 1.45. The fourth-order valence-corrected chi connectivity index (χ4v) is 1.60. The van der Waals surface area contributed by atoms with Crippen LogP contribution in [0.25, 0.3) is 11.1 Å².